The summed E-state index contributed by atoms with van der Waals surface area (Å²) < 4.78 is 0.926. The maximum atomic E-state index is 13.1. The Morgan fingerprint density at radius 2 is 1.78 bits per heavy atom. The van der Waals surface area contributed by atoms with E-state index >= 15 is 0 Å². The number of anilines is 3. The van der Waals surface area contributed by atoms with Gasteiger partial charge in [-0.3, -0.25) is 9.59 Å². The van der Waals surface area contributed by atoms with Crippen LogP contribution in [0.2, 0.25) is 0 Å². The second-order valence-electron chi connectivity index (χ2n) is 10.3. The third kappa shape index (κ3) is 5.36. The molecule has 2 aliphatic rings. The van der Waals surface area contributed by atoms with Gasteiger partial charge in [0.25, 0.3) is 5.91 Å². The number of amides is 2. The molecule has 0 radical (unpaired) electrons. The van der Waals surface area contributed by atoms with Gasteiger partial charge in [-0.05, 0) is 36.8 Å². The van der Waals surface area contributed by atoms with Crippen LogP contribution in [0.5, 0.6) is 0 Å². The lowest BCUT2D eigenvalue weighted by Crippen LogP contribution is -2.48. The average molecular weight is 523 g/mol. The Bertz CT molecular complexity index is 1280. The Balaban J connectivity index is 1.37. The fraction of sp³-hybridized carbons (Fsp3) is 0.538. The minimum Gasteiger partial charge on any atom is -0.352 e. The molecular formula is C26H34N8O2S. The molecule has 3 aromatic rings. The zero-order chi connectivity index (χ0) is 26.1. The molecule has 4 heterocycles. The molecule has 2 fully saturated rings. The summed E-state index contributed by atoms with van der Waals surface area (Å²) in [5.74, 6) is 2.96. The van der Waals surface area contributed by atoms with Gasteiger partial charge in [-0.15, -0.1) is 21.5 Å². The Kier molecular flexibility index (Phi) is 7.23. The van der Waals surface area contributed by atoms with Crippen LogP contribution in [0, 0.1) is 5.92 Å². The third-order valence-electron chi connectivity index (χ3n) is 7.43. The number of carbonyl (C=O) groups is 2. The monoisotopic (exact) mass is 522 g/mol. The zero-order valence-electron chi connectivity index (χ0n) is 21.9. The number of hydrogen-bond donors (Lipinski definition) is 1. The summed E-state index contributed by atoms with van der Waals surface area (Å²) in [5, 5.41) is 11.9. The molecule has 1 saturated heterocycles. The Morgan fingerprint density at radius 3 is 2.41 bits per heavy atom. The number of fused-ring (bicyclic) bond motifs is 1. The van der Waals surface area contributed by atoms with E-state index in [4.69, 9.17) is 4.98 Å². The predicted octanol–water partition coefficient (Wildman–Crippen LogP) is 3.89. The summed E-state index contributed by atoms with van der Waals surface area (Å²) in [4.78, 5) is 40.4. The molecule has 1 aliphatic heterocycles. The van der Waals surface area contributed by atoms with E-state index < -0.39 is 0 Å². The van der Waals surface area contributed by atoms with Crippen molar-refractivity contribution in [2.75, 3.05) is 50.5 Å². The number of aromatic nitrogens is 4. The highest BCUT2D eigenvalue weighted by Crippen LogP contribution is 2.43. The number of carbonyl (C=O) groups excluding carboxylic acids is 2. The van der Waals surface area contributed by atoms with Gasteiger partial charge in [-0.25, -0.2) is 9.97 Å². The fourth-order valence-electron chi connectivity index (χ4n) is 5.19. The van der Waals surface area contributed by atoms with Gasteiger partial charge in [0.1, 0.15) is 0 Å². The van der Waals surface area contributed by atoms with Crippen LogP contribution < -0.4 is 10.2 Å². The smallest absolute Gasteiger partial charge is 0.263 e. The van der Waals surface area contributed by atoms with Crippen LogP contribution >= 0.6 is 11.3 Å². The first-order chi connectivity index (χ1) is 17.8. The van der Waals surface area contributed by atoms with Gasteiger partial charge in [0.2, 0.25) is 11.9 Å². The van der Waals surface area contributed by atoms with Gasteiger partial charge in [0, 0.05) is 52.8 Å². The van der Waals surface area contributed by atoms with E-state index in [1.165, 1.54) is 24.2 Å². The zero-order valence-corrected chi connectivity index (χ0v) is 22.7. The first kappa shape index (κ1) is 25.3. The van der Waals surface area contributed by atoms with E-state index in [0.29, 0.717) is 30.8 Å². The second kappa shape index (κ2) is 10.6. The van der Waals surface area contributed by atoms with Crippen LogP contribution in [0.4, 0.5) is 17.6 Å². The SMILES string of the molecule is CC(=O)N1CCN(c2ccc(Nc3ncc4sc(C(=O)N(C)C)c([C@H]5CC[C@H](C)CC5)c4n3)nn2)CC1. The highest BCUT2D eigenvalue weighted by atomic mass is 32.1. The lowest BCUT2D eigenvalue weighted by atomic mass is 9.79. The molecule has 0 bridgehead atoms. The summed E-state index contributed by atoms with van der Waals surface area (Å²) in [6, 6.07) is 3.79. The van der Waals surface area contributed by atoms with Crippen molar-refractivity contribution in [2.45, 2.75) is 45.4 Å². The van der Waals surface area contributed by atoms with Crippen LogP contribution in [0.1, 0.15) is 60.7 Å². The van der Waals surface area contributed by atoms with Crippen molar-refractivity contribution in [3.63, 3.8) is 0 Å². The molecule has 196 valence electrons. The standard InChI is InChI=1S/C26H34N8O2S/c1-16-5-7-18(8-6-16)22-23-19(37-24(22)25(36)32(3)4)15-27-26(29-23)28-20-9-10-21(31-30-20)34-13-11-33(12-14-34)17(2)35/h9-10,15-16,18H,5-8,11-14H2,1-4H3,(H,27,28,29,30)/t16-,18-. The quantitative estimate of drug-likeness (QED) is 0.538. The number of hydrogen-bond acceptors (Lipinski definition) is 9. The molecule has 37 heavy (non-hydrogen) atoms. The number of piperazine rings is 1. The molecule has 10 nitrogen and oxygen atoms in total. The molecule has 0 aromatic carbocycles. The molecule has 2 amide bonds. The van der Waals surface area contributed by atoms with E-state index in [1.807, 2.05) is 17.0 Å². The number of nitrogens with zero attached hydrogens (tertiary/aromatic N) is 7. The molecule has 0 spiro atoms. The topological polar surface area (TPSA) is 107 Å². The predicted molar refractivity (Wildman–Crippen MR) is 146 cm³/mol. The van der Waals surface area contributed by atoms with Crippen LogP contribution in [0.15, 0.2) is 18.3 Å². The molecule has 11 heteroatoms. The summed E-state index contributed by atoms with van der Waals surface area (Å²) in [6.07, 6.45) is 6.27. The largest absolute Gasteiger partial charge is 0.352 e. The first-order valence-corrected chi connectivity index (χ1v) is 13.7. The van der Waals surface area contributed by atoms with Crippen LogP contribution in [0.3, 0.4) is 0 Å². The Morgan fingerprint density at radius 1 is 1.05 bits per heavy atom. The highest BCUT2D eigenvalue weighted by molar-refractivity contribution is 7.21. The van der Waals surface area contributed by atoms with Gasteiger partial charge in [-0.1, -0.05) is 19.8 Å². The molecule has 1 saturated carbocycles. The van der Waals surface area contributed by atoms with Gasteiger partial charge in [-0.2, -0.15) is 0 Å². The van der Waals surface area contributed by atoms with Gasteiger partial charge in [0.15, 0.2) is 11.6 Å². The van der Waals surface area contributed by atoms with Crippen LogP contribution in [-0.4, -0.2) is 82.1 Å². The van der Waals surface area contributed by atoms with Crippen molar-refractivity contribution in [3.05, 3.63) is 28.8 Å². The van der Waals surface area contributed by atoms with Crippen LogP contribution in [-0.2, 0) is 4.79 Å². The first-order valence-electron chi connectivity index (χ1n) is 12.9. The lowest BCUT2D eigenvalue weighted by molar-refractivity contribution is -0.129. The van der Waals surface area contributed by atoms with E-state index in [1.54, 1.807) is 32.1 Å². The Labute approximate surface area is 221 Å². The molecule has 3 aromatic heterocycles. The Hall–Kier alpha value is -3.34. The summed E-state index contributed by atoms with van der Waals surface area (Å²) in [7, 11) is 3.59. The summed E-state index contributed by atoms with van der Waals surface area (Å²) in [6.45, 7) is 6.74. The molecule has 5 rings (SSSR count). The van der Waals surface area contributed by atoms with E-state index in [0.717, 1.165) is 58.3 Å². The summed E-state index contributed by atoms with van der Waals surface area (Å²) in [5.41, 5.74) is 1.93. The van der Waals surface area contributed by atoms with Gasteiger partial charge >= 0.3 is 0 Å². The molecule has 1 N–H and O–H groups in total. The second-order valence-corrected chi connectivity index (χ2v) is 11.4. The molecule has 0 atom stereocenters. The third-order valence-corrected chi connectivity index (χ3v) is 8.55. The number of nitrogens with one attached hydrogen (secondary N) is 1. The minimum atomic E-state index is 0.0247. The van der Waals surface area contributed by atoms with Crippen molar-refractivity contribution in [1.82, 2.24) is 30.0 Å². The van der Waals surface area contributed by atoms with Crippen molar-refractivity contribution >= 4 is 51.0 Å². The molecule has 0 unspecified atom stereocenters. The van der Waals surface area contributed by atoms with Gasteiger partial charge in [0.05, 0.1) is 21.3 Å². The maximum absolute atomic E-state index is 13.1. The average Bonchev–Trinajstić information content (AvgIpc) is 3.28. The number of thiophene rings is 1. The van der Waals surface area contributed by atoms with Crippen molar-refractivity contribution in [2.24, 2.45) is 5.92 Å². The minimum absolute atomic E-state index is 0.0247. The van der Waals surface area contributed by atoms with Crippen molar-refractivity contribution in [3.8, 4) is 0 Å². The highest BCUT2D eigenvalue weighted by Gasteiger charge is 2.30. The molecule has 1 aliphatic carbocycles. The summed E-state index contributed by atoms with van der Waals surface area (Å²) >= 11 is 1.49. The normalized spacial score (nSPS) is 20.2. The lowest BCUT2D eigenvalue weighted by Gasteiger charge is -2.34. The van der Waals surface area contributed by atoms with Crippen molar-refractivity contribution < 1.29 is 9.59 Å². The van der Waals surface area contributed by atoms with Gasteiger partial charge < -0.3 is 20.0 Å². The number of rotatable bonds is 5. The van der Waals surface area contributed by atoms with E-state index in [9.17, 15) is 9.59 Å². The maximum Gasteiger partial charge on any atom is 0.263 e. The van der Waals surface area contributed by atoms with E-state index in [2.05, 4.69) is 32.3 Å². The van der Waals surface area contributed by atoms with E-state index in [-0.39, 0.29) is 11.8 Å². The van der Waals surface area contributed by atoms with Crippen LogP contribution in [0.25, 0.3) is 10.2 Å². The fourth-order valence-corrected chi connectivity index (χ4v) is 6.41. The van der Waals surface area contributed by atoms with Crippen molar-refractivity contribution in [1.29, 1.82) is 0 Å². The molecular weight excluding hydrogens is 488 g/mol.